The fourth-order valence-corrected chi connectivity index (χ4v) is 2.95. The number of ether oxygens (including phenoxy) is 1. The number of rotatable bonds is 3. The van der Waals surface area contributed by atoms with Crippen LogP contribution in [0.2, 0.25) is 0 Å². The fourth-order valence-electron chi connectivity index (χ4n) is 2.95. The SMILES string of the molecule is CC[n+]1c(C)n(-c2ccccc2)c2ccc(C(=O)OC)cc21.[I-]. The lowest BCUT2D eigenvalue weighted by molar-refractivity contribution is -0.674. The lowest BCUT2D eigenvalue weighted by atomic mass is 10.2. The van der Waals surface area contributed by atoms with E-state index < -0.39 is 0 Å². The first-order valence-corrected chi connectivity index (χ1v) is 7.36. The Bertz CT molecular complexity index is 841. The van der Waals surface area contributed by atoms with Gasteiger partial charge in [0.2, 0.25) is 0 Å². The average Bonchev–Trinajstić information content (AvgIpc) is 2.85. The minimum Gasteiger partial charge on any atom is -1.00 e. The summed E-state index contributed by atoms with van der Waals surface area (Å²) in [6.45, 7) is 5.04. The van der Waals surface area contributed by atoms with Crippen LogP contribution in [-0.2, 0) is 11.3 Å². The van der Waals surface area contributed by atoms with Crippen molar-refractivity contribution in [3.05, 3.63) is 59.9 Å². The lowest BCUT2D eigenvalue weighted by Crippen LogP contribution is -3.00. The van der Waals surface area contributed by atoms with Gasteiger partial charge < -0.3 is 28.7 Å². The molecule has 0 spiro atoms. The zero-order valence-electron chi connectivity index (χ0n) is 13.4. The Labute approximate surface area is 152 Å². The van der Waals surface area contributed by atoms with E-state index in [0.717, 1.165) is 29.1 Å². The molecule has 0 atom stereocenters. The highest BCUT2D eigenvalue weighted by molar-refractivity contribution is 5.93. The molecule has 0 fully saturated rings. The number of halogens is 1. The molecule has 0 bridgehead atoms. The molecule has 0 saturated heterocycles. The first-order chi connectivity index (χ1) is 10.7. The van der Waals surface area contributed by atoms with Crippen LogP contribution in [0, 0.1) is 6.92 Å². The summed E-state index contributed by atoms with van der Waals surface area (Å²) in [5.74, 6) is 0.820. The number of aromatic nitrogens is 2. The second-order valence-corrected chi connectivity index (χ2v) is 5.16. The zero-order valence-corrected chi connectivity index (χ0v) is 15.6. The summed E-state index contributed by atoms with van der Waals surface area (Å²) >= 11 is 0. The third kappa shape index (κ3) is 2.97. The molecule has 5 heteroatoms. The van der Waals surface area contributed by atoms with Crippen LogP contribution in [0.25, 0.3) is 16.7 Å². The number of nitrogens with zero attached hydrogens (tertiary/aromatic N) is 2. The molecule has 0 N–H and O–H groups in total. The number of methoxy groups -OCH3 is 1. The van der Waals surface area contributed by atoms with Crippen molar-refractivity contribution in [3.8, 4) is 5.69 Å². The van der Waals surface area contributed by atoms with Crippen LogP contribution < -0.4 is 28.5 Å². The van der Waals surface area contributed by atoms with Crippen LogP contribution in [-0.4, -0.2) is 17.6 Å². The molecule has 1 heterocycles. The highest BCUT2D eigenvalue weighted by atomic mass is 127. The van der Waals surface area contributed by atoms with Gasteiger partial charge in [-0.3, -0.25) is 0 Å². The van der Waals surface area contributed by atoms with Crippen LogP contribution in [0.15, 0.2) is 48.5 Å². The summed E-state index contributed by atoms with van der Waals surface area (Å²) < 4.78 is 9.24. The van der Waals surface area contributed by atoms with Crippen molar-refractivity contribution < 1.29 is 38.1 Å². The Morgan fingerprint density at radius 2 is 1.87 bits per heavy atom. The Balaban J connectivity index is 0.00000192. The van der Waals surface area contributed by atoms with E-state index in [1.54, 1.807) is 0 Å². The maximum atomic E-state index is 11.8. The van der Waals surface area contributed by atoms with Gasteiger partial charge in [0.15, 0.2) is 11.0 Å². The van der Waals surface area contributed by atoms with Crippen molar-refractivity contribution >= 4 is 17.0 Å². The van der Waals surface area contributed by atoms with E-state index in [1.165, 1.54) is 7.11 Å². The van der Waals surface area contributed by atoms with Gasteiger partial charge in [0, 0.05) is 13.0 Å². The van der Waals surface area contributed by atoms with Crippen LogP contribution in [0.4, 0.5) is 0 Å². The molecule has 0 aliphatic carbocycles. The van der Waals surface area contributed by atoms with Crippen molar-refractivity contribution in [1.29, 1.82) is 0 Å². The molecule has 0 aliphatic heterocycles. The predicted octanol–water partition coefficient (Wildman–Crippen LogP) is 0.0369. The van der Waals surface area contributed by atoms with Crippen LogP contribution in [0.3, 0.4) is 0 Å². The number of imidazole rings is 1. The highest BCUT2D eigenvalue weighted by Gasteiger charge is 2.23. The van der Waals surface area contributed by atoms with E-state index in [-0.39, 0.29) is 29.9 Å². The Morgan fingerprint density at radius 3 is 2.48 bits per heavy atom. The van der Waals surface area contributed by atoms with E-state index in [0.29, 0.717) is 5.56 Å². The van der Waals surface area contributed by atoms with Crippen LogP contribution in [0.5, 0.6) is 0 Å². The van der Waals surface area contributed by atoms with E-state index in [9.17, 15) is 4.79 Å². The number of fused-ring (bicyclic) bond motifs is 1. The van der Waals surface area contributed by atoms with Gasteiger partial charge in [-0.05, 0) is 31.2 Å². The van der Waals surface area contributed by atoms with Crippen molar-refractivity contribution in [3.63, 3.8) is 0 Å². The zero-order chi connectivity index (χ0) is 15.7. The third-order valence-electron chi connectivity index (χ3n) is 3.97. The monoisotopic (exact) mass is 422 g/mol. The molecule has 0 radical (unpaired) electrons. The Kier molecular flexibility index (Phi) is 5.41. The molecule has 3 aromatic rings. The van der Waals surface area contributed by atoms with Gasteiger partial charge in [-0.2, -0.15) is 4.57 Å². The van der Waals surface area contributed by atoms with E-state index in [4.69, 9.17) is 4.74 Å². The van der Waals surface area contributed by atoms with E-state index in [2.05, 4.69) is 35.1 Å². The molecular weight excluding hydrogens is 403 g/mol. The number of carbonyl (C=O) groups is 1. The minimum absolute atomic E-state index is 0. The molecule has 23 heavy (non-hydrogen) atoms. The van der Waals surface area contributed by atoms with E-state index >= 15 is 0 Å². The van der Waals surface area contributed by atoms with Crippen molar-refractivity contribution in [1.82, 2.24) is 4.57 Å². The maximum absolute atomic E-state index is 11.8. The first kappa shape index (κ1) is 17.5. The maximum Gasteiger partial charge on any atom is 0.338 e. The van der Waals surface area contributed by atoms with Gasteiger partial charge in [0.05, 0.1) is 19.2 Å². The number of carbonyl (C=O) groups excluding carboxylic acids is 1. The number of hydrogen-bond donors (Lipinski definition) is 0. The quantitative estimate of drug-likeness (QED) is 0.340. The molecule has 120 valence electrons. The van der Waals surface area contributed by atoms with Gasteiger partial charge in [-0.1, -0.05) is 18.2 Å². The lowest BCUT2D eigenvalue weighted by Gasteiger charge is -2.00. The molecule has 0 saturated carbocycles. The third-order valence-corrected chi connectivity index (χ3v) is 3.97. The minimum atomic E-state index is -0.310. The second kappa shape index (κ2) is 7.12. The van der Waals surface area contributed by atoms with Gasteiger partial charge in [0.25, 0.3) is 5.82 Å². The summed E-state index contributed by atoms with van der Waals surface area (Å²) in [6.07, 6.45) is 0. The number of benzene rings is 2. The second-order valence-electron chi connectivity index (χ2n) is 5.16. The van der Waals surface area contributed by atoms with Gasteiger partial charge in [0.1, 0.15) is 5.69 Å². The number of hydrogen-bond acceptors (Lipinski definition) is 2. The number of aryl methyl sites for hydroxylation is 1. The van der Waals surface area contributed by atoms with Gasteiger partial charge in [-0.15, -0.1) is 0 Å². The summed E-state index contributed by atoms with van der Waals surface area (Å²) in [7, 11) is 1.40. The summed E-state index contributed by atoms with van der Waals surface area (Å²) in [4.78, 5) is 11.8. The highest BCUT2D eigenvalue weighted by Crippen LogP contribution is 2.21. The first-order valence-electron chi connectivity index (χ1n) is 7.36. The van der Waals surface area contributed by atoms with E-state index in [1.807, 2.05) is 36.4 Å². The molecule has 3 rings (SSSR count). The standard InChI is InChI=1S/C18H19N2O2.HI/c1-4-19-13(2)20(15-8-6-5-7-9-15)16-11-10-14(12-17(16)19)18(21)22-3;/h5-12H,4H2,1-3H3;1H/q+1;/p-1. The van der Waals surface area contributed by atoms with Crippen molar-refractivity contribution in [2.45, 2.75) is 20.4 Å². The smallest absolute Gasteiger partial charge is 0.338 e. The molecular formula is C18H19IN2O2. The number of esters is 1. The summed E-state index contributed by atoms with van der Waals surface area (Å²) in [5.41, 5.74) is 3.80. The number of para-hydroxylation sites is 1. The normalized spacial score (nSPS) is 10.4. The van der Waals surface area contributed by atoms with Crippen molar-refractivity contribution in [2.24, 2.45) is 0 Å². The molecule has 1 aromatic heterocycles. The molecule has 4 nitrogen and oxygen atoms in total. The average molecular weight is 422 g/mol. The molecule has 0 aliphatic rings. The Morgan fingerprint density at radius 1 is 1.17 bits per heavy atom. The van der Waals surface area contributed by atoms with Crippen LogP contribution in [0.1, 0.15) is 23.1 Å². The predicted molar refractivity (Wildman–Crippen MR) is 85.2 cm³/mol. The molecule has 2 aromatic carbocycles. The van der Waals surface area contributed by atoms with Gasteiger partial charge in [-0.25, -0.2) is 9.36 Å². The topological polar surface area (TPSA) is 35.1 Å². The Hall–Kier alpha value is -1.89. The van der Waals surface area contributed by atoms with Crippen molar-refractivity contribution in [2.75, 3.05) is 7.11 Å². The summed E-state index contributed by atoms with van der Waals surface area (Å²) in [5, 5.41) is 0. The molecule has 0 unspecified atom stereocenters. The molecule has 0 amide bonds. The fraction of sp³-hybridized carbons (Fsp3) is 0.222. The largest absolute Gasteiger partial charge is 1.00 e. The summed E-state index contributed by atoms with van der Waals surface area (Å²) in [6, 6.07) is 15.9. The van der Waals surface area contributed by atoms with Gasteiger partial charge >= 0.3 is 5.97 Å². The van der Waals surface area contributed by atoms with Crippen LogP contribution >= 0.6 is 0 Å².